The summed E-state index contributed by atoms with van der Waals surface area (Å²) in [6.07, 6.45) is -2.38. The standard InChI is InChI=1S/C6H11F2NO/c7-6(8)1-4-2-10-3-5(4)9/h4-6H,1-3,9H2. The van der Waals surface area contributed by atoms with Crippen LogP contribution in [0.15, 0.2) is 0 Å². The summed E-state index contributed by atoms with van der Waals surface area (Å²) in [5.41, 5.74) is 5.47. The van der Waals surface area contributed by atoms with E-state index in [1.165, 1.54) is 0 Å². The van der Waals surface area contributed by atoms with Crippen LogP contribution in [0.1, 0.15) is 6.42 Å². The van der Waals surface area contributed by atoms with Crippen molar-refractivity contribution in [3.8, 4) is 0 Å². The van der Waals surface area contributed by atoms with E-state index in [-0.39, 0.29) is 18.4 Å². The van der Waals surface area contributed by atoms with Crippen molar-refractivity contribution in [2.45, 2.75) is 18.9 Å². The normalized spacial score (nSPS) is 33.6. The van der Waals surface area contributed by atoms with Gasteiger partial charge in [0.25, 0.3) is 0 Å². The maximum atomic E-state index is 11.7. The zero-order valence-corrected chi connectivity index (χ0v) is 5.59. The van der Waals surface area contributed by atoms with Crippen LogP contribution in [0.25, 0.3) is 0 Å². The highest BCUT2D eigenvalue weighted by molar-refractivity contribution is 4.78. The van der Waals surface area contributed by atoms with Crippen LogP contribution in [-0.4, -0.2) is 25.7 Å². The summed E-state index contributed by atoms with van der Waals surface area (Å²) in [5.74, 6) is -0.139. The second-order valence-corrected chi connectivity index (χ2v) is 2.59. The molecule has 0 bridgehead atoms. The van der Waals surface area contributed by atoms with Gasteiger partial charge in [0.1, 0.15) is 0 Å². The molecule has 0 aromatic carbocycles. The van der Waals surface area contributed by atoms with E-state index in [2.05, 4.69) is 0 Å². The van der Waals surface area contributed by atoms with Gasteiger partial charge in [-0.05, 0) is 0 Å². The molecule has 2 unspecified atom stereocenters. The quantitative estimate of drug-likeness (QED) is 0.627. The monoisotopic (exact) mass is 151 g/mol. The van der Waals surface area contributed by atoms with Crippen LogP contribution in [0, 0.1) is 5.92 Å². The fraction of sp³-hybridized carbons (Fsp3) is 1.00. The summed E-state index contributed by atoms with van der Waals surface area (Å²) in [7, 11) is 0. The van der Waals surface area contributed by atoms with Crippen molar-refractivity contribution in [3.05, 3.63) is 0 Å². The lowest BCUT2D eigenvalue weighted by molar-refractivity contribution is 0.104. The van der Waals surface area contributed by atoms with E-state index in [9.17, 15) is 8.78 Å². The molecule has 2 atom stereocenters. The number of nitrogens with two attached hydrogens (primary N) is 1. The van der Waals surface area contributed by atoms with E-state index in [0.717, 1.165) is 0 Å². The van der Waals surface area contributed by atoms with Gasteiger partial charge in [0, 0.05) is 18.4 Å². The first-order valence-electron chi connectivity index (χ1n) is 3.31. The summed E-state index contributed by atoms with van der Waals surface area (Å²) in [6.45, 7) is 0.822. The maximum absolute atomic E-state index is 11.7. The molecule has 1 rings (SSSR count). The highest BCUT2D eigenvalue weighted by Crippen LogP contribution is 2.19. The SMILES string of the molecule is NC1COCC1CC(F)F. The van der Waals surface area contributed by atoms with E-state index in [4.69, 9.17) is 10.5 Å². The van der Waals surface area contributed by atoms with Gasteiger partial charge in [0.2, 0.25) is 6.43 Å². The minimum Gasteiger partial charge on any atom is -0.379 e. The smallest absolute Gasteiger partial charge is 0.239 e. The Labute approximate surface area is 58.3 Å². The Morgan fingerprint density at radius 2 is 2.20 bits per heavy atom. The predicted octanol–water partition coefficient (Wildman–Crippen LogP) is 0.615. The molecular formula is C6H11F2NO. The number of halogens is 2. The topological polar surface area (TPSA) is 35.2 Å². The fourth-order valence-electron chi connectivity index (χ4n) is 1.09. The number of ether oxygens (including phenoxy) is 1. The Hall–Kier alpha value is -0.220. The van der Waals surface area contributed by atoms with Crippen LogP contribution >= 0.6 is 0 Å². The van der Waals surface area contributed by atoms with Crippen molar-refractivity contribution < 1.29 is 13.5 Å². The molecule has 0 aromatic rings. The maximum Gasteiger partial charge on any atom is 0.239 e. The number of hydrogen-bond donors (Lipinski definition) is 1. The third kappa shape index (κ3) is 1.88. The molecule has 0 saturated carbocycles. The van der Waals surface area contributed by atoms with Crippen LogP contribution in [0.2, 0.25) is 0 Å². The van der Waals surface area contributed by atoms with Gasteiger partial charge in [-0.2, -0.15) is 0 Å². The minimum atomic E-state index is -2.25. The van der Waals surface area contributed by atoms with Crippen molar-refractivity contribution in [2.75, 3.05) is 13.2 Å². The number of hydrogen-bond acceptors (Lipinski definition) is 2. The van der Waals surface area contributed by atoms with Gasteiger partial charge >= 0.3 is 0 Å². The molecule has 0 aromatic heterocycles. The van der Waals surface area contributed by atoms with Crippen LogP contribution in [0.3, 0.4) is 0 Å². The molecule has 0 radical (unpaired) electrons. The summed E-state index contributed by atoms with van der Waals surface area (Å²) in [5, 5.41) is 0. The van der Waals surface area contributed by atoms with Crippen LogP contribution < -0.4 is 5.73 Å². The lowest BCUT2D eigenvalue weighted by Crippen LogP contribution is -2.29. The van der Waals surface area contributed by atoms with Gasteiger partial charge in [0.15, 0.2) is 0 Å². The molecule has 1 aliphatic heterocycles. The largest absolute Gasteiger partial charge is 0.379 e. The van der Waals surface area contributed by atoms with E-state index in [0.29, 0.717) is 13.2 Å². The molecule has 1 aliphatic rings. The van der Waals surface area contributed by atoms with Gasteiger partial charge < -0.3 is 10.5 Å². The summed E-state index contributed by atoms with van der Waals surface area (Å²) in [6, 6.07) is -0.186. The third-order valence-corrected chi connectivity index (χ3v) is 1.73. The highest BCUT2D eigenvalue weighted by Gasteiger charge is 2.27. The Morgan fingerprint density at radius 1 is 1.50 bits per heavy atom. The van der Waals surface area contributed by atoms with E-state index in [1.807, 2.05) is 0 Å². The predicted molar refractivity (Wildman–Crippen MR) is 32.9 cm³/mol. The van der Waals surface area contributed by atoms with Crippen LogP contribution in [-0.2, 0) is 4.74 Å². The molecule has 1 heterocycles. The zero-order chi connectivity index (χ0) is 7.56. The van der Waals surface area contributed by atoms with E-state index < -0.39 is 6.43 Å². The van der Waals surface area contributed by atoms with Gasteiger partial charge in [-0.3, -0.25) is 0 Å². The van der Waals surface area contributed by atoms with Gasteiger partial charge in [-0.15, -0.1) is 0 Å². The highest BCUT2D eigenvalue weighted by atomic mass is 19.3. The summed E-state index contributed by atoms with van der Waals surface area (Å²) >= 11 is 0. The average Bonchev–Trinajstić information content (AvgIpc) is 2.15. The molecule has 0 aliphatic carbocycles. The molecule has 1 fully saturated rings. The molecule has 2 N–H and O–H groups in total. The van der Waals surface area contributed by atoms with Crippen molar-refractivity contribution in [1.29, 1.82) is 0 Å². The molecule has 0 spiro atoms. The van der Waals surface area contributed by atoms with E-state index >= 15 is 0 Å². The molecular weight excluding hydrogens is 140 g/mol. The fourth-order valence-corrected chi connectivity index (χ4v) is 1.09. The first-order valence-corrected chi connectivity index (χ1v) is 3.31. The molecule has 0 amide bonds. The van der Waals surface area contributed by atoms with Crippen molar-refractivity contribution >= 4 is 0 Å². The Bertz CT molecular complexity index is 110. The third-order valence-electron chi connectivity index (χ3n) is 1.73. The van der Waals surface area contributed by atoms with Crippen molar-refractivity contribution in [2.24, 2.45) is 11.7 Å². The van der Waals surface area contributed by atoms with Crippen LogP contribution in [0.4, 0.5) is 8.78 Å². The molecule has 4 heteroatoms. The molecule has 1 saturated heterocycles. The van der Waals surface area contributed by atoms with Crippen molar-refractivity contribution in [3.63, 3.8) is 0 Å². The lowest BCUT2D eigenvalue weighted by atomic mass is 10.0. The second kappa shape index (κ2) is 3.25. The molecule has 60 valence electrons. The van der Waals surface area contributed by atoms with Crippen molar-refractivity contribution in [1.82, 2.24) is 0 Å². The van der Waals surface area contributed by atoms with Gasteiger partial charge in [-0.25, -0.2) is 8.78 Å². The molecule has 10 heavy (non-hydrogen) atoms. The zero-order valence-electron chi connectivity index (χ0n) is 5.59. The van der Waals surface area contributed by atoms with E-state index in [1.54, 1.807) is 0 Å². The Kier molecular flexibility index (Phi) is 2.56. The molecule has 2 nitrogen and oxygen atoms in total. The first kappa shape index (κ1) is 7.88. The Morgan fingerprint density at radius 3 is 2.60 bits per heavy atom. The minimum absolute atomic E-state index is 0.124. The first-order chi connectivity index (χ1) is 4.70. The second-order valence-electron chi connectivity index (χ2n) is 2.59. The summed E-state index contributed by atoms with van der Waals surface area (Å²) < 4.78 is 28.4. The Balaban J connectivity index is 2.26. The summed E-state index contributed by atoms with van der Waals surface area (Å²) in [4.78, 5) is 0. The average molecular weight is 151 g/mol. The number of rotatable bonds is 2. The van der Waals surface area contributed by atoms with Gasteiger partial charge in [-0.1, -0.05) is 0 Å². The van der Waals surface area contributed by atoms with Crippen LogP contribution in [0.5, 0.6) is 0 Å². The lowest BCUT2D eigenvalue weighted by Gasteiger charge is -2.10. The number of alkyl halides is 2. The van der Waals surface area contributed by atoms with Gasteiger partial charge in [0.05, 0.1) is 13.2 Å².